The Bertz CT molecular complexity index is 1290. The van der Waals surface area contributed by atoms with Crippen LogP contribution in [0.2, 0.25) is 5.02 Å². The Balaban J connectivity index is 1.41. The summed E-state index contributed by atoms with van der Waals surface area (Å²) in [7, 11) is 1.61. The summed E-state index contributed by atoms with van der Waals surface area (Å²) >= 11 is 6.26. The number of carbonyl (C=O) groups is 1. The molecule has 0 aliphatic heterocycles. The second-order valence-corrected chi connectivity index (χ2v) is 8.81. The zero-order valence-corrected chi connectivity index (χ0v) is 19.6. The van der Waals surface area contributed by atoms with E-state index in [1.54, 1.807) is 13.4 Å². The number of amides is 1. The lowest BCUT2D eigenvalue weighted by atomic mass is 10.2. The molecule has 0 unspecified atom stereocenters. The van der Waals surface area contributed by atoms with E-state index in [1.807, 2.05) is 54.6 Å². The number of nitrogens with zero attached hydrogens (tertiary/aromatic N) is 3. The first-order valence-electron chi connectivity index (χ1n) is 11.3. The summed E-state index contributed by atoms with van der Waals surface area (Å²) in [6, 6.07) is 16.7. The average Bonchev–Trinajstić information content (AvgIpc) is 3.57. The van der Waals surface area contributed by atoms with Crippen molar-refractivity contribution in [2.45, 2.75) is 31.7 Å². The van der Waals surface area contributed by atoms with E-state index >= 15 is 0 Å². The van der Waals surface area contributed by atoms with Crippen LogP contribution in [-0.4, -0.2) is 29.5 Å². The number of hydrogen-bond acceptors (Lipinski definition) is 6. The third-order valence-electron chi connectivity index (χ3n) is 5.81. The maximum Gasteiger partial charge on any atom is 0.226 e. The van der Waals surface area contributed by atoms with E-state index in [0.29, 0.717) is 24.0 Å². The van der Waals surface area contributed by atoms with Crippen LogP contribution in [0.25, 0.3) is 10.9 Å². The van der Waals surface area contributed by atoms with Crippen molar-refractivity contribution in [2.24, 2.45) is 0 Å². The number of nitrogens with one attached hydrogen (secondary N) is 1. The molecule has 1 aliphatic carbocycles. The molecule has 174 valence electrons. The van der Waals surface area contributed by atoms with Gasteiger partial charge in [0.05, 0.1) is 25.4 Å². The van der Waals surface area contributed by atoms with Gasteiger partial charge >= 0.3 is 0 Å². The van der Waals surface area contributed by atoms with Gasteiger partial charge < -0.3 is 19.4 Å². The van der Waals surface area contributed by atoms with E-state index in [2.05, 4.69) is 10.2 Å². The highest BCUT2D eigenvalue weighted by Crippen LogP contribution is 2.40. The lowest BCUT2D eigenvalue weighted by Crippen LogP contribution is -2.28. The van der Waals surface area contributed by atoms with Crippen LogP contribution in [0.1, 0.15) is 36.8 Å². The van der Waals surface area contributed by atoms with Gasteiger partial charge in [-0.25, -0.2) is 9.97 Å². The molecule has 5 rings (SSSR count). The topological polar surface area (TPSA) is 80.5 Å². The average molecular weight is 477 g/mol. The molecule has 1 fully saturated rings. The molecular weight excluding hydrogens is 452 g/mol. The molecule has 0 spiro atoms. The van der Waals surface area contributed by atoms with E-state index in [0.717, 1.165) is 52.6 Å². The third-order valence-corrected chi connectivity index (χ3v) is 6.04. The quantitative estimate of drug-likeness (QED) is 0.329. The van der Waals surface area contributed by atoms with Crippen LogP contribution >= 0.6 is 11.6 Å². The van der Waals surface area contributed by atoms with Gasteiger partial charge in [0.1, 0.15) is 23.2 Å². The van der Waals surface area contributed by atoms with Crippen molar-refractivity contribution in [3.8, 4) is 5.75 Å². The van der Waals surface area contributed by atoms with Gasteiger partial charge in [-0.05, 0) is 67.4 Å². The van der Waals surface area contributed by atoms with Gasteiger partial charge in [0, 0.05) is 35.0 Å². The van der Waals surface area contributed by atoms with Gasteiger partial charge in [-0.3, -0.25) is 4.79 Å². The molecule has 0 saturated heterocycles. The molecule has 1 aliphatic rings. The summed E-state index contributed by atoms with van der Waals surface area (Å²) in [6.45, 7) is 0.948. The highest BCUT2D eigenvalue weighted by atomic mass is 35.5. The number of rotatable bonds is 9. The number of carbonyl (C=O) groups excluding carboxylic acids is 1. The van der Waals surface area contributed by atoms with Crippen LogP contribution in [-0.2, 0) is 11.3 Å². The predicted molar refractivity (Wildman–Crippen MR) is 133 cm³/mol. The molecule has 34 heavy (non-hydrogen) atoms. The van der Waals surface area contributed by atoms with Crippen molar-refractivity contribution in [1.29, 1.82) is 0 Å². The van der Waals surface area contributed by atoms with Crippen molar-refractivity contribution < 1.29 is 13.9 Å². The van der Waals surface area contributed by atoms with Crippen LogP contribution in [0.4, 0.5) is 11.5 Å². The van der Waals surface area contributed by atoms with Crippen molar-refractivity contribution in [1.82, 2.24) is 9.97 Å². The van der Waals surface area contributed by atoms with Gasteiger partial charge in [0.25, 0.3) is 0 Å². The predicted octanol–water partition coefficient (Wildman–Crippen LogP) is 5.80. The number of ether oxygens (including phenoxy) is 1. The van der Waals surface area contributed by atoms with Gasteiger partial charge in [0.2, 0.25) is 5.91 Å². The summed E-state index contributed by atoms with van der Waals surface area (Å²) in [5.74, 6) is 3.45. The maximum atomic E-state index is 12.8. The Morgan fingerprint density at radius 1 is 1.18 bits per heavy atom. The van der Waals surface area contributed by atoms with Crippen molar-refractivity contribution in [2.75, 3.05) is 23.9 Å². The molecule has 2 aromatic heterocycles. The fraction of sp³-hybridized carbons (Fsp3) is 0.269. The number of furan rings is 1. The second-order valence-electron chi connectivity index (χ2n) is 8.37. The number of aromatic nitrogens is 2. The SMILES string of the molecule is COc1ccc(NC(=O)CCN(Cc2ccco2)c2nc(C3CC3)nc3cc(Cl)ccc23)cc1. The summed E-state index contributed by atoms with van der Waals surface area (Å²) in [5.41, 5.74) is 1.54. The minimum absolute atomic E-state index is 0.0848. The smallest absolute Gasteiger partial charge is 0.226 e. The molecule has 2 heterocycles. The summed E-state index contributed by atoms with van der Waals surface area (Å²) in [4.78, 5) is 24.5. The number of fused-ring (bicyclic) bond motifs is 1. The monoisotopic (exact) mass is 476 g/mol. The van der Waals surface area contributed by atoms with Crippen molar-refractivity contribution in [3.05, 3.63) is 77.5 Å². The molecule has 1 N–H and O–H groups in total. The van der Waals surface area contributed by atoms with Gasteiger partial charge in [0.15, 0.2) is 0 Å². The molecule has 4 aromatic rings. The van der Waals surface area contributed by atoms with E-state index in [9.17, 15) is 4.79 Å². The first kappa shape index (κ1) is 22.2. The molecule has 2 aromatic carbocycles. The first-order valence-corrected chi connectivity index (χ1v) is 11.7. The van der Waals surface area contributed by atoms with E-state index < -0.39 is 0 Å². The normalized spacial score (nSPS) is 13.1. The first-order chi connectivity index (χ1) is 16.6. The number of benzene rings is 2. The van der Waals surface area contributed by atoms with Crippen LogP contribution in [0, 0.1) is 0 Å². The zero-order chi connectivity index (χ0) is 23.5. The van der Waals surface area contributed by atoms with Gasteiger partial charge in [-0.2, -0.15) is 0 Å². The molecule has 0 radical (unpaired) electrons. The molecule has 1 amide bonds. The minimum Gasteiger partial charge on any atom is -0.497 e. The van der Waals surface area contributed by atoms with Crippen LogP contribution < -0.4 is 15.0 Å². The van der Waals surface area contributed by atoms with Crippen LogP contribution in [0.5, 0.6) is 5.75 Å². The molecule has 0 bridgehead atoms. The van der Waals surface area contributed by atoms with E-state index in [-0.39, 0.29) is 12.3 Å². The largest absolute Gasteiger partial charge is 0.497 e. The Morgan fingerprint density at radius 3 is 2.71 bits per heavy atom. The van der Waals surface area contributed by atoms with E-state index in [1.165, 1.54) is 0 Å². The van der Waals surface area contributed by atoms with Crippen molar-refractivity contribution >= 4 is 39.9 Å². The Kier molecular flexibility index (Phi) is 6.36. The molecule has 1 saturated carbocycles. The Hall–Kier alpha value is -3.58. The molecule has 0 atom stereocenters. The molecule has 7 nitrogen and oxygen atoms in total. The summed E-state index contributed by atoms with van der Waals surface area (Å²) in [5, 5.41) is 4.48. The highest BCUT2D eigenvalue weighted by molar-refractivity contribution is 6.31. The molecular formula is C26H25ClN4O3. The standard InChI is InChI=1S/C26H25ClN4O3/c1-33-20-9-7-19(8-10-20)28-24(32)12-13-31(16-21-3-2-14-34-21)26-22-11-6-18(27)15-23(22)29-25(30-26)17-4-5-17/h2-3,6-11,14-15,17H,4-5,12-13,16H2,1H3,(H,28,32). The highest BCUT2D eigenvalue weighted by Gasteiger charge is 2.28. The third kappa shape index (κ3) is 5.15. The van der Waals surface area contributed by atoms with Gasteiger partial charge in [-0.1, -0.05) is 11.6 Å². The van der Waals surface area contributed by atoms with Crippen molar-refractivity contribution in [3.63, 3.8) is 0 Å². The minimum atomic E-state index is -0.0848. The summed E-state index contributed by atoms with van der Waals surface area (Å²) in [6.07, 6.45) is 4.11. The number of hydrogen-bond donors (Lipinski definition) is 1. The van der Waals surface area contributed by atoms with Gasteiger partial charge in [-0.15, -0.1) is 0 Å². The van der Waals surface area contributed by atoms with E-state index in [4.69, 9.17) is 30.7 Å². The Morgan fingerprint density at radius 2 is 2.00 bits per heavy atom. The Labute approximate surface area is 202 Å². The fourth-order valence-electron chi connectivity index (χ4n) is 3.85. The second kappa shape index (κ2) is 9.73. The fourth-order valence-corrected chi connectivity index (χ4v) is 4.02. The number of halogens is 1. The van der Waals surface area contributed by atoms with Crippen LogP contribution in [0.3, 0.4) is 0 Å². The summed E-state index contributed by atoms with van der Waals surface area (Å²) < 4.78 is 10.8. The zero-order valence-electron chi connectivity index (χ0n) is 18.8. The number of methoxy groups -OCH3 is 1. The molecule has 8 heteroatoms. The lowest BCUT2D eigenvalue weighted by molar-refractivity contribution is -0.116. The maximum absolute atomic E-state index is 12.8. The van der Waals surface area contributed by atoms with Crippen LogP contribution in [0.15, 0.2) is 65.3 Å². The number of anilines is 2. The lowest BCUT2D eigenvalue weighted by Gasteiger charge is -2.24.